The fourth-order valence-corrected chi connectivity index (χ4v) is 9.96. The molecule has 2 amide bonds. The summed E-state index contributed by atoms with van der Waals surface area (Å²) in [6, 6.07) is 19.0. The van der Waals surface area contributed by atoms with Crippen molar-refractivity contribution in [3.05, 3.63) is 108 Å². The number of fused-ring (bicyclic) bond motifs is 2. The molecule has 6 rings (SSSR count). The van der Waals surface area contributed by atoms with Gasteiger partial charge in [-0.25, -0.2) is 21.6 Å². The molecule has 0 radical (unpaired) electrons. The quantitative estimate of drug-likeness (QED) is 0.0602. The predicted octanol–water partition coefficient (Wildman–Crippen LogP) is 5.76. The van der Waals surface area contributed by atoms with E-state index in [1.807, 2.05) is 0 Å². The lowest BCUT2D eigenvalue weighted by Crippen LogP contribution is -2.21. The van der Waals surface area contributed by atoms with Crippen LogP contribution < -0.4 is 20.1 Å². The van der Waals surface area contributed by atoms with E-state index in [2.05, 4.69) is 20.1 Å². The molecule has 0 bridgehead atoms. The topological polar surface area (TPSA) is 283 Å². The van der Waals surface area contributed by atoms with Crippen LogP contribution in [0.25, 0.3) is 21.5 Å². The van der Waals surface area contributed by atoms with Crippen LogP contribution in [0.1, 0.15) is 11.1 Å². The SMILES string of the molecule is Cc1ccc(NC(=O)Nc2ccc(C)c(S(=O)(=O)Nc3ccc4c(S(=O)(=O)O)cccc4c3O)c2)cc1S(=O)(=O)Nc1ccc2c(S(=O)(=O)O)cccc2c1O. The first-order valence-electron chi connectivity index (χ1n) is 15.9. The average molecular weight is 843 g/mol. The summed E-state index contributed by atoms with van der Waals surface area (Å²) >= 11 is 0. The fraction of sp³-hybridized carbons (Fsp3) is 0.0571. The first kappa shape index (κ1) is 39.7. The van der Waals surface area contributed by atoms with Gasteiger partial charge < -0.3 is 20.8 Å². The Hall–Kier alpha value is -5.97. The molecule has 6 aromatic rings. The highest BCUT2D eigenvalue weighted by molar-refractivity contribution is 7.93. The minimum absolute atomic E-state index is 0.000407. The van der Waals surface area contributed by atoms with E-state index in [1.54, 1.807) is 0 Å². The lowest BCUT2D eigenvalue weighted by Gasteiger charge is -2.16. The van der Waals surface area contributed by atoms with E-state index in [-0.39, 0.29) is 65.2 Å². The molecule has 6 aromatic carbocycles. The van der Waals surface area contributed by atoms with Crippen molar-refractivity contribution < 1.29 is 57.8 Å². The van der Waals surface area contributed by atoms with E-state index in [0.717, 1.165) is 36.4 Å². The number of anilines is 4. The van der Waals surface area contributed by atoms with Crippen molar-refractivity contribution in [2.24, 2.45) is 0 Å². The normalized spacial score (nSPS) is 12.4. The summed E-state index contributed by atoms with van der Waals surface area (Å²) in [5, 5.41) is 26.4. The smallest absolute Gasteiger partial charge is 0.323 e. The molecule has 0 heterocycles. The Kier molecular flexibility index (Phi) is 10.1. The number of hydrogen-bond donors (Lipinski definition) is 8. The highest BCUT2D eigenvalue weighted by Gasteiger charge is 2.24. The minimum atomic E-state index is -4.66. The molecule has 0 saturated carbocycles. The zero-order valence-electron chi connectivity index (χ0n) is 28.8. The van der Waals surface area contributed by atoms with Crippen LogP contribution in [0.2, 0.25) is 0 Å². The Bertz CT molecular complexity index is 2880. The number of phenols is 2. The van der Waals surface area contributed by atoms with Gasteiger partial charge >= 0.3 is 6.03 Å². The number of benzene rings is 6. The number of sulfonamides is 2. The average Bonchev–Trinajstić information content (AvgIpc) is 3.11. The number of phenolic OH excluding ortho intramolecular Hbond substituents is 2. The number of urea groups is 1. The van der Waals surface area contributed by atoms with Crippen LogP contribution in [-0.2, 0) is 40.3 Å². The largest absolute Gasteiger partial charge is 0.505 e. The molecule has 0 fully saturated rings. The number of carbonyl (C=O) groups excluding carboxylic acids is 1. The van der Waals surface area contributed by atoms with Crippen LogP contribution in [0.4, 0.5) is 27.5 Å². The van der Waals surface area contributed by atoms with Gasteiger partial charge in [0.25, 0.3) is 40.3 Å². The van der Waals surface area contributed by atoms with Gasteiger partial charge in [0.15, 0.2) is 0 Å². The van der Waals surface area contributed by atoms with E-state index >= 15 is 0 Å². The molecule has 0 aliphatic carbocycles. The number of amides is 2. The van der Waals surface area contributed by atoms with Crippen molar-refractivity contribution in [3.63, 3.8) is 0 Å². The number of nitrogens with one attached hydrogen (secondary N) is 4. The van der Waals surface area contributed by atoms with Crippen LogP contribution in [0.3, 0.4) is 0 Å². The van der Waals surface area contributed by atoms with E-state index in [1.165, 1.54) is 74.5 Å². The maximum Gasteiger partial charge on any atom is 0.323 e. The second-order valence-electron chi connectivity index (χ2n) is 12.3. The molecule has 0 aliphatic rings. The van der Waals surface area contributed by atoms with Gasteiger partial charge in [0.2, 0.25) is 0 Å². The zero-order chi connectivity index (χ0) is 41.0. The Morgan fingerprint density at radius 1 is 0.482 bits per heavy atom. The molecule has 17 nitrogen and oxygen atoms in total. The lowest BCUT2D eigenvalue weighted by molar-refractivity contribution is 0.262. The molecule has 0 unspecified atom stereocenters. The number of rotatable bonds is 10. The summed E-state index contributed by atoms with van der Waals surface area (Å²) in [5.74, 6) is -1.22. The molecule has 0 aliphatic heterocycles. The van der Waals surface area contributed by atoms with Crippen LogP contribution in [0.5, 0.6) is 11.5 Å². The van der Waals surface area contributed by atoms with E-state index in [4.69, 9.17) is 0 Å². The molecule has 0 saturated heterocycles. The Morgan fingerprint density at radius 2 is 0.857 bits per heavy atom. The molecule has 0 aromatic heterocycles. The molecule has 0 spiro atoms. The van der Waals surface area contributed by atoms with Gasteiger partial charge in [0.05, 0.1) is 21.2 Å². The summed E-state index contributed by atoms with van der Waals surface area (Å²) in [6.45, 7) is 2.96. The Morgan fingerprint density at radius 3 is 1.21 bits per heavy atom. The number of aromatic hydroxyl groups is 2. The minimum Gasteiger partial charge on any atom is -0.505 e. The van der Waals surface area contributed by atoms with Gasteiger partial charge in [0, 0.05) is 32.9 Å². The molecule has 292 valence electrons. The van der Waals surface area contributed by atoms with Gasteiger partial charge in [0.1, 0.15) is 21.3 Å². The molecular formula is C35H30N4O13S4. The number of aryl methyl sites for hydroxylation is 2. The fourth-order valence-electron chi connectivity index (χ4n) is 5.87. The van der Waals surface area contributed by atoms with Crippen LogP contribution in [0, 0.1) is 13.8 Å². The lowest BCUT2D eigenvalue weighted by atomic mass is 10.1. The van der Waals surface area contributed by atoms with Crippen molar-refractivity contribution >= 4 is 90.6 Å². The van der Waals surface area contributed by atoms with Gasteiger partial charge in [-0.2, -0.15) is 16.8 Å². The predicted molar refractivity (Wildman–Crippen MR) is 207 cm³/mol. The van der Waals surface area contributed by atoms with Gasteiger partial charge in [-0.3, -0.25) is 18.5 Å². The summed E-state index contributed by atoms with van der Waals surface area (Å²) in [5.41, 5.74) is -0.118. The van der Waals surface area contributed by atoms with Gasteiger partial charge in [-0.15, -0.1) is 0 Å². The van der Waals surface area contributed by atoms with Crippen molar-refractivity contribution in [2.45, 2.75) is 33.4 Å². The van der Waals surface area contributed by atoms with Crippen molar-refractivity contribution in [1.29, 1.82) is 0 Å². The first-order valence-corrected chi connectivity index (χ1v) is 21.7. The van der Waals surface area contributed by atoms with Gasteiger partial charge in [-0.1, -0.05) is 48.5 Å². The summed E-state index contributed by atoms with van der Waals surface area (Å²) < 4.78 is 125. The molecule has 8 N–H and O–H groups in total. The monoisotopic (exact) mass is 842 g/mol. The molecular weight excluding hydrogens is 813 g/mol. The van der Waals surface area contributed by atoms with E-state index < -0.39 is 67.6 Å². The zero-order valence-corrected chi connectivity index (χ0v) is 32.1. The van der Waals surface area contributed by atoms with Crippen LogP contribution in [-0.4, -0.2) is 59.0 Å². The molecule has 0 atom stereocenters. The second kappa shape index (κ2) is 14.3. The second-order valence-corrected chi connectivity index (χ2v) is 18.4. The maximum atomic E-state index is 13.5. The van der Waals surface area contributed by atoms with Crippen LogP contribution >= 0.6 is 0 Å². The maximum absolute atomic E-state index is 13.5. The van der Waals surface area contributed by atoms with Crippen molar-refractivity contribution in [1.82, 2.24) is 0 Å². The van der Waals surface area contributed by atoms with Crippen LogP contribution in [0.15, 0.2) is 117 Å². The molecule has 21 heteroatoms. The highest BCUT2D eigenvalue weighted by atomic mass is 32.2. The third-order valence-electron chi connectivity index (χ3n) is 8.50. The third kappa shape index (κ3) is 7.89. The summed E-state index contributed by atoms with van der Waals surface area (Å²) in [6.07, 6.45) is 0. The summed E-state index contributed by atoms with van der Waals surface area (Å²) in [4.78, 5) is 11.5. The third-order valence-corrected chi connectivity index (χ3v) is 13.3. The number of hydrogen-bond acceptors (Lipinski definition) is 11. The molecule has 56 heavy (non-hydrogen) atoms. The highest BCUT2D eigenvalue weighted by Crippen LogP contribution is 2.38. The Balaban J connectivity index is 1.21. The standard InChI is InChI=1S/C35H30N4O13S4/c1-19-9-11-21(17-31(19)53(43,44)38-27-15-13-23-25(33(27)40)5-3-7-29(23)55(47,48)49)36-35(42)37-22-12-10-20(2)32(18-22)54(45,46)39-28-16-14-24-26(34(28)41)6-4-8-30(24)56(50,51)52/h3-18,38-41H,1-2H3,(H2,36,37,42)(H,47,48,49)(H,50,51,52). The number of carbonyl (C=O) groups is 1. The summed E-state index contributed by atoms with van der Waals surface area (Å²) in [7, 11) is -18.2. The van der Waals surface area contributed by atoms with E-state index in [9.17, 15) is 57.8 Å². The van der Waals surface area contributed by atoms with Gasteiger partial charge in [-0.05, 0) is 73.5 Å². The van der Waals surface area contributed by atoms with Crippen molar-refractivity contribution in [2.75, 3.05) is 20.1 Å². The van der Waals surface area contributed by atoms with Crippen molar-refractivity contribution in [3.8, 4) is 11.5 Å². The van der Waals surface area contributed by atoms with E-state index in [0.29, 0.717) is 0 Å². The first-order chi connectivity index (χ1) is 26.1. The Labute approximate surface area is 320 Å².